The molecule has 0 aliphatic carbocycles. The molecular weight excluding hydrogens is 406 g/mol. The fraction of sp³-hybridized carbons (Fsp3) is 0.333. The summed E-state index contributed by atoms with van der Waals surface area (Å²) in [6.07, 6.45) is 0.594. The fourth-order valence-corrected chi connectivity index (χ4v) is 4.02. The number of aromatic nitrogens is 2. The van der Waals surface area contributed by atoms with Crippen molar-refractivity contribution in [2.24, 2.45) is 0 Å². The van der Waals surface area contributed by atoms with Crippen molar-refractivity contribution in [3.8, 4) is 0 Å². The first-order chi connectivity index (χ1) is 14.4. The lowest BCUT2D eigenvalue weighted by molar-refractivity contribution is -0.124. The van der Waals surface area contributed by atoms with Crippen LogP contribution in [0, 0.1) is 13.8 Å². The maximum absolute atomic E-state index is 12.3. The van der Waals surface area contributed by atoms with Crippen LogP contribution in [0.15, 0.2) is 24.3 Å². The van der Waals surface area contributed by atoms with Crippen molar-refractivity contribution >= 4 is 39.4 Å². The van der Waals surface area contributed by atoms with E-state index >= 15 is 0 Å². The van der Waals surface area contributed by atoms with Crippen LogP contribution in [0.1, 0.15) is 44.0 Å². The van der Waals surface area contributed by atoms with Crippen LogP contribution in [0.2, 0.25) is 0 Å². The van der Waals surface area contributed by atoms with Gasteiger partial charge in [-0.1, -0.05) is 12.1 Å². The zero-order chi connectivity index (χ0) is 21.7. The lowest BCUT2D eigenvalue weighted by Crippen LogP contribution is -2.30. The van der Waals surface area contributed by atoms with Gasteiger partial charge >= 0.3 is 11.9 Å². The van der Waals surface area contributed by atoms with Gasteiger partial charge < -0.3 is 19.8 Å². The Balaban J connectivity index is 1.49. The minimum absolute atomic E-state index is 0.137. The van der Waals surface area contributed by atoms with Gasteiger partial charge in [0, 0.05) is 18.7 Å². The summed E-state index contributed by atoms with van der Waals surface area (Å²) < 4.78 is 11.2. The molecule has 0 saturated heterocycles. The number of para-hydroxylation sites is 1. The number of carbonyl (C=O) groups is 3. The molecule has 0 radical (unpaired) electrons. The number of nitrogens with one attached hydrogen (secondary N) is 2. The molecule has 1 aromatic carbocycles. The molecular formula is C21H23N3O5S. The molecule has 0 spiro atoms. The second-order valence-electron chi connectivity index (χ2n) is 6.60. The lowest BCUT2D eigenvalue weighted by Gasteiger charge is -2.06. The van der Waals surface area contributed by atoms with E-state index < -0.39 is 24.5 Å². The number of aromatic amines is 1. The monoisotopic (exact) mass is 429 g/mol. The van der Waals surface area contributed by atoms with Gasteiger partial charge in [0.25, 0.3) is 5.91 Å². The van der Waals surface area contributed by atoms with Crippen LogP contribution >= 0.6 is 11.3 Å². The first-order valence-corrected chi connectivity index (χ1v) is 10.4. The van der Waals surface area contributed by atoms with Crippen LogP contribution in [0.4, 0.5) is 0 Å². The van der Waals surface area contributed by atoms with Gasteiger partial charge in [-0.15, -0.1) is 11.3 Å². The molecule has 2 N–H and O–H groups in total. The summed E-state index contributed by atoms with van der Waals surface area (Å²) in [5, 5.41) is 3.64. The summed E-state index contributed by atoms with van der Waals surface area (Å²) in [7, 11) is 0. The number of esters is 2. The Morgan fingerprint density at radius 2 is 1.90 bits per heavy atom. The molecule has 0 aliphatic rings. The Hall–Kier alpha value is -3.20. The summed E-state index contributed by atoms with van der Waals surface area (Å²) in [5.74, 6) is -1.61. The van der Waals surface area contributed by atoms with Crippen molar-refractivity contribution in [3.63, 3.8) is 0 Å². The van der Waals surface area contributed by atoms with E-state index in [0.29, 0.717) is 29.8 Å². The molecule has 0 unspecified atom stereocenters. The van der Waals surface area contributed by atoms with Crippen LogP contribution < -0.4 is 5.32 Å². The first-order valence-electron chi connectivity index (χ1n) is 9.55. The molecule has 0 bridgehead atoms. The van der Waals surface area contributed by atoms with Gasteiger partial charge in [-0.3, -0.25) is 4.79 Å². The Bertz CT molecular complexity index is 1050. The third kappa shape index (κ3) is 4.85. The number of ether oxygens (including phenoxy) is 2. The second-order valence-corrected chi connectivity index (χ2v) is 7.71. The first kappa shape index (κ1) is 21.5. The van der Waals surface area contributed by atoms with Crippen LogP contribution in [0.3, 0.4) is 0 Å². The number of thiazole rings is 1. The van der Waals surface area contributed by atoms with Crippen molar-refractivity contribution < 1.29 is 23.9 Å². The van der Waals surface area contributed by atoms with Crippen molar-refractivity contribution in [2.45, 2.75) is 27.2 Å². The highest BCUT2D eigenvalue weighted by Crippen LogP contribution is 2.22. The summed E-state index contributed by atoms with van der Waals surface area (Å²) >= 11 is 1.59. The molecule has 158 valence electrons. The Labute approximate surface area is 177 Å². The number of amides is 1. The molecule has 1 amide bonds. The Kier molecular flexibility index (Phi) is 6.83. The average molecular weight is 429 g/mol. The number of hydrogen-bond donors (Lipinski definition) is 2. The number of hydrogen-bond acceptors (Lipinski definition) is 7. The van der Waals surface area contributed by atoms with Crippen molar-refractivity contribution in [1.82, 2.24) is 15.3 Å². The van der Waals surface area contributed by atoms with Crippen LogP contribution in [-0.2, 0) is 20.7 Å². The molecule has 0 aliphatic heterocycles. The molecule has 0 atom stereocenters. The van der Waals surface area contributed by atoms with Gasteiger partial charge in [0.2, 0.25) is 0 Å². The van der Waals surface area contributed by atoms with Crippen LogP contribution in [0.5, 0.6) is 0 Å². The minimum Gasteiger partial charge on any atom is -0.462 e. The lowest BCUT2D eigenvalue weighted by atomic mass is 10.1. The van der Waals surface area contributed by atoms with E-state index in [-0.39, 0.29) is 12.3 Å². The summed E-state index contributed by atoms with van der Waals surface area (Å²) in [6.45, 7) is 5.23. The zero-order valence-electron chi connectivity index (χ0n) is 17.0. The van der Waals surface area contributed by atoms with Crippen LogP contribution in [-0.4, -0.2) is 47.6 Å². The van der Waals surface area contributed by atoms with Gasteiger partial charge in [-0.2, -0.15) is 0 Å². The van der Waals surface area contributed by atoms with Crippen molar-refractivity contribution in [2.75, 3.05) is 19.8 Å². The number of fused-ring (bicyclic) bond motifs is 1. The quantitative estimate of drug-likeness (QED) is 0.533. The molecule has 30 heavy (non-hydrogen) atoms. The molecule has 0 fully saturated rings. The number of carbonyl (C=O) groups excluding carboxylic acids is 3. The maximum Gasteiger partial charge on any atom is 0.355 e. The van der Waals surface area contributed by atoms with Gasteiger partial charge in [-0.05, 0) is 38.5 Å². The number of nitrogens with zero attached hydrogens (tertiary/aromatic N) is 1. The van der Waals surface area contributed by atoms with Crippen LogP contribution in [0.25, 0.3) is 10.2 Å². The Morgan fingerprint density at radius 1 is 1.13 bits per heavy atom. The topological polar surface area (TPSA) is 110 Å². The molecule has 2 aromatic heterocycles. The van der Waals surface area contributed by atoms with Crippen molar-refractivity contribution in [3.05, 3.63) is 51.8 Å². The number of H-pyrrole nitrogens is 1. The number of benzene rings is 1. The molecule has 2 heterocycles. The highest BCUT2D eigenvalue weighted by molar-refractivity contribution is 7.18. The Morgan fingerprint density at radius 3 is 2.63 bits per heavy atom. The van der Waals surface area contributed by atoms with E-state index in [0.717, 1.165) is 15.2 Å². The van der Waals surface area contributed by atoms with Gasteiger partial charge in [0.1, 0.15) is 5.69 Å². The number of aryl methyl sites for hydroxylation is 1. The van der Waals surface area contributed by atoms with E-state index in [2.05, 4.69) is 15.3 Å². The standard InChI is InChI=1S/C21H23N3O5S/c1-4-28-20(26)18-12(2)19(23-13(18)3)21(27)29-11-16(25)22-10-9-17-24-14-7-5-6-8-15(14)30-17/h5-8,23H,4,9-11H2,1-3H3,(H,22,25). The van der Waals surface area contributed by atoms with Crippen molar-refractivity contribution in [1.29, 1.82) is 0 Å². The van der Waals surface area contributed by atoms with Gasteiger partial charge in [0.05, 0.1) is 27.4 Å². The predicted molar refractivity (Wildman–Crippen MR) is 113 cm³/mol. The molecule has 3 aromatic rings. The van der Waals surface area contributed by atoms with E-state index in [4.69, 9.17) is 9.47 Å². The third-order valence-corrected chi connectivity index (χ3v) is 5.55. The van der Waals surface area contributed by atoms with Gasteiger partial charge in [0.15, 0.2) is 6.61 Å². The van der Waals surface area contributed by atoms with E-state index in [1.807, 2.05) is 24.3 Å². The third-order valence-electron chi connectivity index (χ3n) is 4.45. The molecule has 9 heteroatoms. The van der Waals surface area contributed by atoms with E-state index in [9.17, 15) is 14.4 Å². The normalized spacial score (nSPS) is 10.8. The largest absolute Gasteiger partial charge is 0.462 e. The average Bonchev–Trinajstić information content (AvgIpc) is 3.26. The molecule has 3 rings (SSSR count). The smallest absolute Gasteiger partial charge is 0.355 e. The number of rotatable bonds is 8. The minimum atomic E-state index is -0.701. The highest BCUT2D eigenvalue weighted by atomic mass is 32.1. The maximum atomic E-state index is 12.3. The summed E-state index contributed by atoms with van der Waals surface area (Å²) in [5.41, 5.74) is 2.34. The highest BCUT2D eigenvalue weighted by Gasteiger charge is 2.24. The predicted octanol–water partition coefficient (Wildman–Crippen LogP) is 2.93. The summed E-state index contributed by atoms with van der Waals surface area (Å²) in [6, 6.07) is 7.85. The fourth-order valence-electron chi connectivity index (χ4n) is 3.05. The molecule has 0 saturated carbocycles. The molecule has 8 nitrogen and oxygen atoms in total. The van der Waals surface area contributed by atoms with Gasteiger partial charge in [-0.25, -0.2) is 14.6 Å². The van der Waals surface area contributed by atoms with E-state index in [1.54, 1.807) is 32.1 Å². The summed E-state index contributed by atoms with van der Waals surface area (Å²) in [4.78, 5) is 43.7. The SMILES string of the molecule is CCOC(=O)c1c(C)[nH]c(C(=O)OCC(=O)NCCc2nc3ccccc3s2)c1C. The zero-order valence-corrected chi connectivity index (χ0v) is 17.9. The van der Waals surface area contributed by atoms with E-state index in [1.165, 1.54) is 0 Å². The second kappa shape index (κ2) is 9.53.